The van der Waals surface area contributed by atoms with Crippen molar-refractivity contribution in [2.24, 2.45) is 0 Å². The Balaban J connectivity index is 1.53. The second-order valence-electron chi connectivity index (χ2n) is 5.83. The molecule has 4 rings (SSSR count). The van der Waals surface area contributed by atoms with E-state index in [1.165, 1.54) is 9.75 Å². The molecule has 0 aliphatic carbocycles. The molecule has 0 saturated carbocycles. The van der Waals surface area contributed by atoms with E-state index in [4.69, 9.17) is 0 Å². The highest BCUT2D eigenvalue weighted by Gasteiger charge is 2.13. The number of benzene rings is 1. The summed E-state index contributed by atoms with van der Waals surface area (Å²) >= 11 is 3.42. The smallest absolute Gasteiger partial charge is 0.239 e. The van der Waals surface area contributed by atoms with Crippen LogP contribution in [0.1, 0.15) is 4.88 Å². The van der Waals surface area contributed by atoms with Crippen molar-refractivity contribution in [1.82, 2.24) is 9.88 Å². The van der Waals surface area contributed by atoms with Crippen LogP contribution in [0, 0.1) is 0 Å². The molecule has 5 heteroatoms. The minimum Gasteiger partial charge on any atom is -0.354 e. The number of hydrogen-bond donors (Lipinski definition) is 1. The maximum absolute atomic E-state index is 12.5. The molecule has 0 unspecified atom stereocenters. The first-order valence-corrected chi connectivity index (χ1v) is 9.98. The minimum absolute atomic E-state index is 0.0516. The molecule has 4 aromatic rings. The van der Waals surface area contributed by atoms with Crippen molar-refractivity contribution >= 4 is 39.5 Å². The Morgan fingerprint density at radius 1 is 1.00 bits per heavy atom. The molecule has 0 fully saturated rings. The predicted octanol–water partition coefficient (Wildman–Crippen LogP) is 4.79. The van der Waals surface area contributed by atoms with Crippen molar-refractivity contribution in [3.05, 3.63) is 70.2 Å². The number of para-hydroxylation sites is 1. The van der Waals surface area contributed by atoms with Gasteiger partial charge < -0.3 is 9.88 Å². The fourth-order valence-corrected chi connectivity index (χ4v) is 4.45. The molecule has 0 atom stereocenters. The van der Waals surface area contributed by atoms with Gasteiger partial charge in [-0.2, -0.15) is 0 Å². The Labute approximate surface area is 154 Å². The maximum atomic E-state index is 12.5. The van der Waals surface area contributed by atoms with E-state index in [0.29, 0.717) is 13.1 Å². The first-order chi connectivity index (χ1) is 12.3. The Bertz CT molecular complexity index is 969. The number of amides is 1. The molecular formula is C20H18N2OS2. The van der Waals surface area contributed by atoms with Gasteiger partial charge in [0, 0.05) is 22.3 Å². The van der Waals surface area contributed by atoms with Crippen LogP contribution < -0.4 is 5.32 Å². The lowest BCUT2D eigenvalue weighted by molar-refractivity contribution is -0.121. The first-order valence-electron chi connectivity index (χ1n) is 8.22. The van der Waals surface area contributed by atoms with Gasteiger partial charge in [-0.15, -0.1) is 22.7 Å². The maximum Gasteiger partial charge on any atom is 0.239 e. The molecule has 0 spiro atoms. The molecule has 3 heterocycles. The number of carbonyl (C=O) groups excluding carboxylic acids is 1. The lowest BCUT2D eigenvalue weighted by atomic mass is 10.2. The molecule has 0 radical (unpaired) electrons. The summed E-state index contributed by atoms with van der Waals surface area (Å²) in [4.78, 5) is 15.0. The zero-order valence-electron chi connectivity index (χ0n) is 13.6. The second kappa shape index (κ2) is 7.25. The van der Waals surface area contributed by atoms with Gasteiger partial charge >= 0.3 is 0 Å². The second-order valence-corrected chi connectivity index (χ2v) is 7.81. The van der Waals surface area contributed by atoms with E-state index in [2.05, 4.69) is 51.0 Å². The third-order valence-electron chi connectivity index (χ3n) is 4.16. The number of rotatable bonds is 6. The number of nitrogens with one attached hydrogen (secondary N) is 1. The van der Waals surface area contributed by atoms with Gasteiger partial charge in [0.15, 0.2) is 0 Å². The molecule has 1 amide bonds. The number of thiophene rings is 2. The standard InChI is InChI=1S/C20H18N2OS2/c23-20(21-10-9-16-6-3-11-24-16)14-22-17-7-2-1-5-15(17)13-18(22)19-8-4-12-25-19/h1-8,11-13H,9-10,14H2,(H,21,23). The Morgan fingerprint density at radius 2 is 1.84 bits per heavy atom. The summed E-state index contributed by atoms with van der Waals surface area (Å²) in [6, 6.07) is 18.7. The van der Waals surface area contributed by atoms with Crippen LogP contribution in [0.2, 0.25) is 0 Å². The average Bonchev–Trinajstić information content (AvgIpc) is 3.36. The fourth-order valence-electron chi connectivity index (χ4n) is 2.99. The van der Waals surface area contributed by atoms with Crippen LogP contribution in [0.4, 0.5) is 0 Å². The van der Waals surface area contributed by atoms with E-state index < -0.39 is 0 Å². The van der Waals surface area contributed by atoms with Crippen LogP contribution in [0.25, 0.3) is 21.5 Å². The van der Waals surface area contributed by atoms with Gasteiger partial charge in [0.05, 0.1) is 10.6 Å². The molecule has 3 aromatic heterocycles. The minimum atomic E-state index is 0.0516. The number of hydrogen-bond acceptors (Lipinski definition) is 3. The van der Waals surface area contributed by atoms with Crippen molar-refractivity contribution in [2.75, 3.05) is 6.54 Å². The molecule has 0 aliphatic rings. The van der Waals surface area contributed by atoms with Crippen molar-refractivity contribution < 1.29 is 4.79 Å². The fraction of sp³-hybridized carbons (Fsp3) is 0.150. The van der Waals surface area contributed by atoms with Gasteiger partial charge in [0.25, 0.3) is 0 Å². The number of fused-ring (bicyclic) bond motifs is 1. The lowest BCUT2D eigenvalue weighted by Crippen LogP contribution is -2.29. The molecule has 0 saturated heterocycles. The topological polar surface area (TPSA) is 34.0 Å². The summed E-state index contributed by atoms with van der Waals surface area (Å²) < 4.78 is 2.11. The number of aromatic nitrogens is 1. The Hall–Kier alpha value is -2.37. The monoisotopic (exact) mass is 366 g/mol. The van der Waals surface area contributed by atoms with Crippen LogP contribution in [-0.4, -0.2) is 17.0 Å². The van der Waals surface area contributed by atoms with E-state index in [1.54, 1.807) is 22.7 Å². The van der Waals surface area contributed by atoms with E-state index in [-0.39, 0.29) is 5.91 Å². The van der Waals surface area contributed by atoms with E-state index >= 15 is 0 Å². The van der Waals surface area contributed by atoms with Gasteiger partial charge in [-0.05, 0) is 41.4 Å². The van der Waals surface area contributed by atoms with Crippen LogP contribution in [0.5, 0.6) is 0 Å². The summed E-state index contributed by atoms with van der Waals surface area (Å²) in [6.07, 6.45) is 0.883. The van der Waals surface area contributed by atoms with Gasteiger partial charge in [0.2, 0.25) is 5.91 Å². The van der Waals surface area contributed by atoms with E-state index in [0.717, 1.165) is 23.0 Å². The van der Waals surface area contributed by atoms with Crippen molar-refractivity contribution in [3.8, 4) is 10.6 Å². The number of carbonyl (C=O) groups is 1. The van der Waals surface area contributed by atoms with Gasteiger partial charge in [-0.3, -0.25) is 4.79 Å². The quantitative estimate of drug-likeness (QED) is 0.523. The van der Waals surface area contributed by atoms with Crippen LogP contribution in [0.3, 0.4) is 0 Å². The Kier molecular flexibility index (Phi) is 4.68. The van der Waals surface area contributed by atoms with E-state index in [1.807, 2.05) is 24.3 Å². The molecule has 126 valence electrons. The summed E-state index contributed by atoms with van der Waals surface area (Å²) in [5, 5.41) is 8.34. The summed E-state index contributed by atoms with van der Waals surface area (Å²) in [5.41, 5.74) is 2.20. The molecule has 1 N–H and O–H groups in total. The highest BCUT2D eigenvalue weighted by molar-refractivity contribution is 7.13. The third-order valence-corrected chi connectivity index (χ3v) is 5.99. The molecule has 1 aromatic carbocycles. The van der Waals surface area contributed by atoms with Crippen molar-refractivity contribution in [1.29, 1.82) is 0 Å². The van der Waals surface area contributed by atoms with Gasteiger partial charge in [-0.25, -0.2) is 0 Å². The third kappa shape index (κ3) is 3.52. The first kappa shape index (κ1) is 16.1. The van der Waals surface area contributed by atoms with Gasteiger partial charge in [0.1, 0.15) is 6.54 Å². The zero-order chi connectivity index (χ0) is 17.1. The summed E-state index contributed by atoms with van der Waals surface area (Å²) in [6.45, 7) is 1.01. The summed E-state index contributed by atoms with van der Waals surface area (Å²) in [7, 11) is 0. The molecule has 0 bridgehead atoms. The van der Waals surface area contributed by atoms with Crippen LogP contribution in [0.15, 0.2) is 65.4 Å². The Morgan fingerprint density at radius 3 is 2.64 bits per heavy atom. The van der Waals surface area contributed by atoms with E-state index in [9.17, 15) is 4.79 Å². The normalized spacial score (nSPS) is 11.0. The molecular weight excluding hydrogens is 348 g/mol. The molecule has 3 nitrogen and oxygen atoms in total. The SMILES string of the molecule is O=C(Cn1c(-c2cccs2)cc2ccccc21)NCCc1cccs1. The van der Waals surface area contributed by atoms with Gasteiger partial charge in [-0.1, -0.05) is 30.3 Å². The number of nitrogens with zero attached hydrogens (tertiary/aromatic N) is 1. The highest BCUT2D eigenvalue weighted by atomic mass is 32.1. The molecule has 0 aliphatic heterocycles. The largest absolute Gasteiger partial charge is 0.354 e. The van der Waals surface area contributed by atoms with Crippen LogP contribution >= 0.6 is 22.7 Å². The predicted molar refractivity (Wildman–Crippen MR) is 106 cm³/mol. The molecule has 25 heavy (non-hydrogen) atoms. The van der Waals surface area contributed by atoms with Crippen molar-refractivity contribution in [2.45, 2.75) is 13.0 Å². The average molecular weight is 367 g/mol. The van der Waals surface area contributed by atoms with Crippen LogP contribution in [-0.2, 0) is 17.8 Å². The lowest BCUT2D eigenvalue weighted by Gasteiger charge is -2.10. The summed E-state index contributed by atoms with van der Waals surface area (Å²) in [5.74, 6) is 0.0516. The zero-order valence-corrected chi connectivity index (χ0v) is 15.3. The highest BCUT2D eigenvalue weighted by Crippen LogP contribution is 2.31. The van der Waals surface area contributed by atoms with Crippen molar-refractivity contribution in [3.63, 3.8) is 0 Å².